The maximum atomic E-state index is 6.01. The first-order valence-electron chi connectivity index (χ1n) is 6.46. The first-order valence-corrected chi connectivity index (χ1v) is 6.46. The zero-order chi connectivity index (χ0) is 14.1. The van der Waals surface area contributed by atoms with Gasteiger partial charge < -0.3 is 15.2 Å². The van der Waals surface area contributed by atoms with E-state index in [2.05, 4.69) is 21.9 Å². The molecule has 0 saturated carbocycles. The number of anilines is 2. The van der Waals surface area contributed by atoms with Gasteiger partial charge in [0.25, 0.3) is 0 Å². The molecule has 3 aromatic rings. The molecule has 0 unspecified atom stereocenters. The first kappa shape index (κ1) is 12.5. The van der Waals surface area contributed by atoms with E-state index in [-0.39, 0.29) is 0 Å². The van der Waals surface area contributed by atoms with Crippen LogP contribution in [0.4, 0.5) is 11.4 Å². The van der Waals surface area contributed by atoms with Gasteiger partial charge in [-0.25, -0.2) is 4.98 Å². The molecule has 0 atom stereocenters. The highest BCUT2D eigenvalue weighted by Gasteiger charge is 2.10. The second-order valence-electron chi connectivity index (χ2n) is 4.91. The van der Waals surface area contributed by atoms with Crippen molar-refractivity contribution in [1.29, 1.82) is 0 Å². The molecule has 20 heavy (non-hydrogen) atoms. The van der Waals surface area contributed by atoms with Crippen LogP contribution in [0.3, 0.4) is 0 Å². The van der Waals surface area contributed by atoms with E-state index in [1.807, 2.05) is 48.4 Å². The minimum Gasteiger partial charge on any atom is -0.398 e. The lowest BCUT2D eigenvalue weighted by Crippen LogP contribution is -2.19. The van der Waals surface area contributed by atoms with Crippen molar-refractivity contribution in [3.05, 3.63) is 48.8 Å². The molecular weight excluding hydrogens is 250 g/mol. The monoisotopic (exact) mass is 267 g/mol. The van der Waals surface area contributed by atoms with Crippen molar-refractivity contribution in [2.45, 2.75) is 6.54 Å². The maximum Gasteiger partial charge on any atom is 0.127 e. The molecule has 0 spiro atoms. The Labute approximate surface area is 117 Å². The van der Waals surface area contributed by atoms with Crippen LogP contribution >= 0.6 is 0 Å². The summed E-state index contributed by atoms with van der Waals surface area (Å²) in [5.41, 5.74) is 7.89. The highest BCUT2D eigenvalue weighted by molar-refractivity contribution is 6.00. The Morgan fingerprint density at radius 1 is 1.20 bits per heavy atom. The second-order valence-corrected chi connectivity index (χ2v) is 4.91. The molecule has 1 aromatic carbocycles. The molecule has 2 heterocycles. The molecule has 0 aliphatic rings. The van der Waals surface area contributed by atoms with Gasteiger partial charge in [-0.1, -0.05) is 0 Å². The van der Waals surface area contributed by atoms with Crippen molar-refractivity contribution >= 4 is 22.1 Å². The number of nitrogen functional groups attached to an aromatic ring is 1. The molecule has 0 aliphatic carbocycles. The van der Waals surface area contributed by atoms with Gasteiger partial charge in [0.2, 0.25) is 0 Å². The minimum absolute atomic E-state index is 0.741. The van der Waals surface area contributed by atoms with Crippen LogP contribution in [0.15, 0.2) is 43.0 Å². The summed E-state index contributed by atoms with van der Waals surface area (Å²) >= 11 is 0. The number of benzene rings is 1. The Morgan fingerprint density at radius 2 is 2.05 bits per heavy atom. The van der Waals surface area contributed by atoms with Crippen molar-refractivity contribution in [3.8, 4) is 0 Å². The van der Waals surface area contributed by atoms with Crippen molar-refractivity contribution in [3.63, 3.8) is 0 Å². The molecule has 2 N–H and O–H groups in total. The molecule has 3 rings (SSSR count). The van der Waals surface area contributed by atoms with Crippen molar-refractivity contribution in [2.24, 2.45) is 7.05 Å². The molecule has 0 bridgehead atoms. The molecule has 5 nitrogen and oxygen atoms in total. The third-order valence-corrected chi connectivity index (χ3v) is 3.54. The summed E-state index contributed by atoms with van der Waals surface area (Å²) in [7, 11) is 4.06. The summed E-state index contributed by atoms with van der Waals surface area (Å²) in [5.74, 6) is 1.02. The van der Waals surface area contributed by atoms with Crippen LogP contribution in [-0.2, 0) is 13.6 Å². The lowest BCUT2D eigenvalue weighted by Gasteiger charge is -2.21. The summed E-state index contributed by atoms with van der Waals surface area (Å²) in [6, 6.07) is 5.96. The number of aryl methyl sites for hydroxylation is 1. The Kier molecular flexibility index (Phi) is 3.02. The molecular formula is C15H17N5. The molecule has 0 aliphatic heterocycles. The van der Waals surface area contributed by atoms with Crippen molar-refractivity contribution in [1.82, 2.24) is 14.5 Å². The molecule has 102 valence electrons. The number of rotatable bonds is 3. The molecule has 0 amide bonds. The van der Waals surface area contributed by atoms with Crippen molar-refractivity contribution in [2.75, 3.05) is 17.7 Å². The van der Waals surface area contributed by atoms with E-state index in [0.29, 0.717) is 0 Å². The fraction of sp³-hybridized carbons (Fsp3) is 0.200. The van der Waals surface area contributed by atoms with Crippen molar-refractivity contribution < 1.29 is 0 Å². The van der Waals surface area contributed by atoms with Crippen LogP contribution in [0, 0.1) is 0 Å². The third kappa shape index (κ3) is 2.07. The van der Waals surface area contributed by atoms with Crippen LogP contribution < -0.4 is 10.6 Å². The van der Waals surface area contributed by atoms with Gasteiger partial charge in [-0.15, -0.1) is 0 Å². The Balaban J connectivity index is 2.02. The molecule has 5 heteroatoms. The van der Waals surface area contributed by atoms with Crippen LogP contribution in [-0.4, -0.2) is 21.6 Å². The van der Waals surface area contributed by atoms with Gasteiger partial charge in [0.05, 0.1) is 6.54 Å². The summed E-state index contributed by atoms with van der Waals surface area (Å²) < 4.78 is 2.03. The van der Waals surface area contributed by atoms with Gasteiger partial charge in [0.1, 0.15) is 5.82 Å². The normalized spacial score (nSPS) is 10.9. The topological polar surface area (TPSA) is 60.0 Å². The number of imidazole rings is 1. The Morgan fingerprint density at radius 3 is 2.80 bits per heavy atom. The SMILES string of the molecule is CN(Cc1nccn1C)c1ccc(N)c2cnccc12. The van der Waals surface area contributed by atoms with E-state index in [1.165, 1.54) is 0 Å². The van der Waals surface area contributed by atoms with E-state index in [9.17, 15) is 0 Å². The number of hydrogen-bond donors (Lipinski definition) is 1. The van der Waals surface area contributed by atoms with Gasteiger partial charge in [0, 0.05) is 61.0 Å². The molecule has 0 radical (unpaired) electrons. The quantitative estimate of drug-likeness (QED) is 0.739. The molecule has 0 fully saturated rings. The predicted octanol–water partition coefficient (Wildman–Crippen LogP) is 2.19. The van der Waals surface area contributed by atoms with Crippen LogP contribution in [0.25, 0.3) is 10.8 Å². The third-order valence-electron chi connectivity index (χ3n) is 3.54. The fourth-order valence-electron chi connectivity index (χ4n) is 2.38. The van der Waals surface area contributed by atoms with Gasteiger partial charge in [-0.05, 0) is 18.2 Å². The highest BCUT2D eigenvalue weighted by atomic mass is 15.2. The number of nitrogens with zero attached hydrogens (tertiary/aromatic N) is 4. The first-order chi connectivity index (χ1) is 9.66. The number of nitrogens with two attached hydrogens (primary N) is 1. The Bertz CT molecular complexity index is 747. The largest absolute Gasteiger partial charge is 0.398 e. The lowest BCUT2D eigenvalue weighted by molar-refractivity contribution is 0.763. The summed E-state index contributed by atoms with van der Waals surface area (Å²) in [5, 5.41) is 2.09. The second kappa shape index (κ2) is 4.85. The van der Waals surface area contributed by atoms with Gasteiger partial charge in [0.15, 0.2) is 0 Å². The average molecular weight is 267 g/mol. The predicted molar refractivity (Wildman–Crippen MR) is 81.5 cm³/mol. The molecule has 0 saturated heterocycles. The minimum atomic E-state index is 0.741. The van der Waals surface area contributed by atoms with E-state index in [4.69, 9.17) is 5.73 Å². The number of aromatic nitrogens is 3. The fourth-order valence-corrected chi connectivity index (χ4v) is 2.38. The van der Waals surface area contributed by atoms with E-state index < -0.39 is 0 Å². The van der Waals surface area contributed by atoms with Crippen LogP contribution in [0.1, 0.15) is 5.82 Å². The Hall–Kier alpha value is -2.56. The van der Waals surface area contributed by atoms with Gasteiger partial charge in [-0.2, -0.15) is 0 Å². The average Bonchev–Trinajstić information content (AvgIpc) is 2.85. The summed E-state index contributed by atoms with van der Waals surface area (Å²) in [6.45, 7) is 0.741. The number of hydrogen-bond acceptors (Lipinski definition) is 4. The summed E-state index contributed by atoms with van der Waals surface area (Å²) in [6.07, 6.45) is 7.37. The van der Waals surface area contributed by atoms with Gasteiger partial charge >= 0.3 is 0 Å². The summed E-state index contributed by atoms with van der Waals surface area (Å²) in [4.78, 5) is 10.7. The van der Waals surface area contributed by atoms with Gasteiger partial charge in [-0.3, -0.25) is 4.98 Å². The lowest BCUT2D eigenvalue weighted by atomic mass is 10.1. The van der Waals surface area contributed by atoms with E-state index in [0.717, 1.165) is 34.5 Å². The number of fused-ring (bicyclic) bond motifs is 1. The maximum absolute atomic E-state index is 6.01. The number of pyridine rings is 1. The molecule has 2 aromatic heterocycles. The zero-order valence-corrected chi connectivity index (χ0v) is 11.6. The van der Waals surface area contributed by atoms with E-state index >= 15 is 0 Å². The highest BCUT2D eigenvalue weighted by Crippen LogP contribution is 2.30. The van der Waals surface area contributed by atoms with E-state index in [1.54, 1.807) is 6.20 Å². The van der Waals surface area contributed by atoms with Crippen LogP contribution in [0.2, 0.25) is 0 Å². The standard InChI is InChI=1S/C15H17N5/c1-19-8-7-18-15(19)10-20(2)14-4-3-13(16)12-9-17-6-5-11(12)14/h3-9H,10,16H2,1-2H3. The zero-order valence-electron chi connectivity index (χ0n) is 11.6. The van der Waals surface area contributed by atoms with Crippen LogP contribution in [0.5, 0.6) is 0 Å². The smallest absolute Gasteiger partial charge is 0.127 e.